The van der Waals surface area contributed by atoms with Crippen LogP contribution < -0.4 is 0 Å². The highest BCUT2D eigenvalue weighted by atomic mass is 32.1. The van der Waals surface area contributed by atoms with Gasteiger partial charge in [-0.2, -0.15) is 0 Å². The zero-order valence-corrected chi connectivity index (χ0v) is 9.46. The van der Waals surface area contributed by atoms with Crippen LogP contribution in [-0.4, -0.2) is 5.11 Å². The van der Waals surface area contributed by atoms with E-state index in [1.807, 2.05) is 19.1 Å². The van der Waals surface area contributed by atoms with Crippen molar-refractivity contribution in [3.8, 4) is 0 Å². The number of hydrogen-bond acceptors (Lipinski definition) is 3. The molecule has 1 unspecified atom stereocenters. The molecular formula is C12H14O2S. The zero-order chi connectivity index (χ0) is 10.7. The fourth-order valence-electron chi connectivity index (χ4n) is 1.63. The highest BCUT2D eigenvalue weighted by Gasteiger charge is 2.12. The summed E-state index contributed by atoms with van der Waals surface area (Å²) >= 11 is 1.73. The quantitative estimate of drug-likeness (QED) is 0.861. The SMILES string of the molecule is Cc1occc1C(O)CCc1cccs1. The largest absolute Gasteiger partial charge is 0.469 e. The third-order valence-corrected chi connectivity index (χ3v) is 3.44. The lowest BCUT2D eigenvalue weighted by Gasteiger charge is -2.08. The second-order valence-electron chi connectivity index (χ2n) is 3.57. The normalized spacial score (nSPS) is 12.9. The maximum Gasteiger partial charge on any atom is 0.106 e. The van der Waals surface area contributed by atoms with Crippen molar-refractivity contribution in [3.05, 3.63) is 46.0 Å². The highest BCUT2D eigenvalue weighted by molar-refractivity contribution is 7.09. The summed E-state index contributed by atoms with van der Waals surface area (Å²) in [5.41, 5.74) is 0.909. The molecule has 0 aliphatic heterocycles. The standard InChI is InChI=1S/C12H14O2S/c1-9-11(6-7-14-9)12(13)5-4-10-3-2-8-15-10/h2-3,6-8,12-13H,4-5H2,1H3. The van der Waals surface area contributed by atoms with Gasteiger partial charge in [-0.1, -0.05) is 6.07 Å². The van der Waals surface area contributed by atoms with Gasteiger partial charge in [-0.05, 0) is 37.3 Å². The van der Waals surface area contributed by atoms with Crippen molar-refractivity contribution in [2.75, 3.05) is 0 Å². The van der Waals surface area contributed by atoms with Crippen molar-refractivity contribution in [2.24, 2.45) is 0 Å². The predicted octanol–water partition coefficient (Wildman–Crippen LogP) is 3.32. The monoisotopic (exact) mass is 222 g/mol. The van der Waals surface area contributed by atoms with Gasteiger partial charge in [0.05, 0.1) is 12.4 Å². The molecule has 1 atom stereocenters. The maximum absolute atomic E-state index is 9.93. The summed E-state index contributed by atoms with van der Waals surface area (Å²) in [6, 6.07) is 5.98. The number of thiophene rings is 1. The van der Waals surface area contributed by atoms with E-state index in [9.17, 15) is 5.11 Å². The van der Waals surface area contributed by atoms with Crippen molar-refractivity contribution < 1.29 is 9.52 Å². The van der Waals surface area contributed by atoms with Gasteiger partial charge in [-0.15, -0.1) is 11.3 Å². The third-order valence-electron chi connectivity index (χ3n) is 2.50. The Morgan fingerprint density at radius 2 is 2.33 bits per heavy atom. The molecule has 80 valence electrons. The molecule has 0 aliphatic rings. The van der Waals surface area contributed by atoms with Crippen molar-refractivity contribution >= 4 is 11.3 Å². The van der Waals surface area contributed by atoms with Gasteiger partial charge in [0.1, 0.15) is 5.76 Å². The maximum atomic E-state index is 9.93. The predicted molar refractivity (Wildman–Crippen MR) is 61.0 cm³/mol. The molecule has 0 saturated carbocycles. The first kappa shape index (κ1) is 10.5. The number of rotatable bonds is 4. The molecule has 15 heavy (non-hydrogen) atoms. The van der Waals surface area contributed by atoms with Gasteiger partial charge in [-0.3, -0.25) is 0 Å². The molecule has 0 bridgehead atoms. The minimum Gasteiger partial charge on any atom is -0.469 e. The number of aliphatic hydroxyl groups is 1. The van der Waals surface area contributed by atoms with E-state index < -0.39 is 6.10 Å². The Morgan fingerprint density at radius 3 is 2.93 bits per heavy atom. The Balaban J connectivity index is 1.93. The molecule has 0 fully saturated rings. The van der Waals surface area contributed by atoms with E-state index in [2.05, 4.69) is 11.4 Å². The zero-order valence-electron chi connectivity index (χ0n) is 8.64. The molecule has 1 N–H and O–H groups in total. The van der Waals surface area contributed by atoms with Crippen LogP contribution in [0.2, 0.25) is 0 Å². The van der Waals surface area contributed by atoms with Gasteiger partial charge in [0, 0.05) is 10.4 Å². The van der Waals surface area contributed by atoms with Gasteiger partial charge < -0.3 is 9.52 Å². The fourth-order valence-corrected chi connectivity index (χ4v) is 2.35. The van der Waals surface area contributed by atoms with E-state index >= 15 is 0 Å². The first-order chi connectivity index (χ1) is 7.27. The Hall–Kier alpha value is -1.06. The second-order valence-corrected chi connectivity index (χ2v) is 4.60. The molecule has 0 aromatic carbocycles. The molecule has 0 radical (unpaired) electrons. The molecule has 0 amide bonds. The van der Waals surface area contributed by atoms with Crippen molar-refractivity contribution in [1.29, 1.82) is 0 Å². The molecule has 2 rings (SSSR count). The summed E-state index contributed by atoms with van der Waals surface area (Å²) in [6.45, 7) is 1.88. The minimum atomic E-state index is -0.411. The van der Waals surface area contributed by atoms with Crippen molar-refractivity contribution in [1.82, 2.24) is 0 Å². The van der Waals surface area contributed by atoms with E-state index in [-0.39, 0.29) is 0 Å². The van der Waals surface area contributed by atoms with Gasteiger partial charge in [0.25, 0.3) is 0 Å². The molecule has 2 heterocycles. The summed E-state index contributed by atoms with van der Waals surface area (Å²) < 4.78 is 5.17. The van der Waals surface area contributed by atoms with Crippen LogP contribution in [0.3, 0.4) is 0 Å². The van der Waals surface area contributed by atoms with Crippen LogP contribution >= 0.6 is 11.3 Å². The topological polar surface area (TPSA) is 33.4 Å². The summed E-state index contributed by atoms with van der Waals surface area (Å²) in [5, 5.41) is 12.0. The van der Waals surface area contributed by atoms with E-state index in [4.69, 9.17) is 4.42 Å². The van der Waals surface area contributed by atoms with Crippen molar-refractivity contribution in [3.63, 3.8) is 0 Å². The summed E-state index contributed by atoms with van der Waals surface area (Å²) in [6.07, 6.45) is 2.88. The fraction of sp³-hybridized carbons (Fsp3) is 0.333. The van der Waals surface area contributed by atoms with Crippen LogP contribution in [-0.2, 0) is 6.42 Å². The third kappa shape index (κ3) is 2.49. The van der Waals surface area contributed by atoms with Gasteiger partial charge in [-0.25, -0.2) is 0 Å². The molecule has 2 aromatic heterocycles. The van der Waals surface area contributed by atoms with Crippen LogP contribution in [0.1, 0.15) is 28.7 Å². The van der Waals surface area contributed by atoms with E-state index in [0.29, 0.717) is 0 Å². The van der Waals surface area contributed by atoms with E-state index in [1.165, 1.54) is 4.88 Å². The Kier molecular flexibility index (Phi) is 3.23. The number of aliphatic hydroxyl groups excluding tert-OH is 1. The average Bonchev–Trinajstić information content (AvgIpc) is 2.84. The van der Waals surface area contributed by atoms with Crippen LogP contribution in [0.4, 0.5) is 0 Å². The first-order valence-electron chi connectivity index (χ1n) is 5.02. The molecule has 0 aliphatic carbocycles. The summed E-state index contributed by atoms with van der Waals surface area (Å²) in [7, 11) is 0. The average molecular weight is 222 g/mol. The lowest BCUT2D eigenvalue weighted by molar-refractivity contribution is 0.166. The van der Waals surface area contributed by atoms with Crippen LogP contribution in [0.25, 0.3) is 0 Å². The Morgan fingerprint density at radius 1 is 1.47 bits per heavy atom. The molecule has 0 spiro atoms. The smallest absolute Gasteiger partial charge is 0.106 e. The second kappa shape index (κ2) is 4.64. The number of aryl methyl sites for hydroxylation is 2. The molecule has 0 saturated heterocycles. The summed E-state index contributed by atoms with van der Waals surface area (Å²) in [5.74, 6) is 0.814. The lowest BCUT2D eigenvalue weighted by atomic mass is 10.1. The molecule has 2 nitrogen and oxygen atoms in total. The Bertz CT molecular complexity index is 403. The minimum absolute atomic E-state index is 0.411. The van der Waals surface area contributed by atoms with Gasteiger partial charge >= 0.3 is 0 Å². The molecule has 2 aromatic rings. The van der Waals surface area contributed by atoms with Crippen molar-refractivity contribution in [2.45, 2.75) is 25.9 Å². The van der Waals surface area contributed by atoms with Crippen LogP contribution in [0.15, 0.2) is 34.3 Å². The Labute approximate surface area is 93.2 Å². The van der Waals surface area contributed by atoms with Gasteiger partial charge in [0.2, 0.25) is 0 Å². The van der Waals surface area contributed by atoms with Crippen LogP contribution in [0.5, 0.6) is 0 Å². The molecule has 3 heteroatoms. The number of hydrogen-bond donors (Lipinski definition) is 1. The highest BCUT2D eigenvalue weighted by Crippen LogP contribution is 2.24. The lowest BCUT2D eigenvalue weighted by Crippen LogP contribution is -1.98. The van der Waals surface area contributed by atoms with E-state index in [1.54, 1.807) is 17.6 Å². The first-order valence-corrected chi connectivity index (χ1v) is 5.90. The van der Waals surface area contributed by atoms with Gasteiger partial charge in [0.15, 0.2) is 0 Å². The molecular weight excluding hydrogens is 208 g/mol. The van der Waals surface area contributed by atoms with Crippen LogP contribution in [0, 0.1) is 6.92 Å². The summed E-state index contributed by atoms with van der Waals surface area (Å²) in [4.78, 5) is 1.31. The number of furan rings is 1. The van der Waals surface area contributed by atoms with E-state index in [0.717, 1.165) is 24.2 Å².